The van der Waals surface area contributed by atoms with Gasteiger partial charge in [-0.15, -0.1) is 0 Å². The molecule has 96 valence electrons. The summed E-state index contributed by atoms with van der Waals surface area (Å²) in [6.45, 7) is 0.219. The van der Waals surface area contributed by atoms with Crippen LogP contribution in [0.25, 0.3) is 0 Å². The molecule has 0 bridgehead atoms. The van der Waals surface area contributed by atoms with E-state index in [9.17, 15) is 8.42 Å². The zero-order chi connectivity index (χ0) is 13.1. The van der Waals surface area contributed by atoms with Crippen LogP contribution in [-0.4, -0.2) is 49.1 Å². The molecular formula is C8H16N6O2S. The highest BCUT2D eigenvalue weighted by Crippen LogP contribution is 2.08. The number of nitrogens with two attached hydrogens (primary N) is 2. The topological polar surface area (TPSA) is 127 Å². The highest BCUT2D eigenvalue weighted by Gasteiger charge is 2.12. The molecule has 0 fully saturated rings. The number of hydrogen-bond donors (Lipinski definition) is 3. The summed E-state index contributed by atoms with van der Waals surface area (Å²) in [4.78, 5) is 7.56. The Hall–Kier alpha value is -1.61. The minimum atomic E-state index is -3.22. The van der Waals surface area contributed by atoms with Gasteiger partial charge in [-0.3, -0.25) is 0 Å². The first kappa shape index (κ1) is 13.5. The number of hydrogen-bond acceptors (Lipinski definition) is 7. The van der Waals surface area contributed by atoms with Crippen molar-refractivity contribution < 1.29 is 8.42 Å². The van der Waals surface area contributed by atoms with Gasteiger partial charge in [-0.25, -0.2) is 12.7 Å². The lowest BCUT2D eigenvalue weighted by Gasteiger charge is -2.12. The summed E-state index contributed by atoms with van der Waals surface area (Å²) >= 11 is 0. The van der Waals surface area contributed by atoms with Gasteiger partial charge >= 0.3 is 0 Å². The molecule has 0 aliphatic carbocycles. The molecule has 8 nitrogen and oxygen atoms in total. The van der Waals surface area contributed by atoms with Crippen LogP contribution in [0.4, 0.5) is 17.6 Å². The fourth-order valence-electron chi connectivity index (χ4n) is 1.07. The van der Waals surface area contributed by atoms with Crippen LogP contribution in [0, 0.1) is 0 Å². The SMILES string of the molecule is CN(C)S(=O)(=O)CCNc1cc(N)nc(N)n1. The quantitative estimate of drug-likeness (QED) is 0.616. The summed E-state index contributed by atoms with van der Waals surface area (Å²) in [7, 11) is -0.259. The molecule has 0 amide bonds. The summed E-state index contributed by atoms with van der Waals surface area (Å²) in [6, 6.07) is 1.48. The molecule has 0 saturated heterocycles. The summed E-state index contributed by atoms with van der Waals surface area (Å²) < 4.78 is 24.1. The maximum atomic E-state index is 11.5. The third kappa shape index (κ3) is 4.04. The van der Waals surface area contributed by atoms with Crippen LogP contribution in [0.1, 0.15) is 0 Å². The molecule has 0 unspecified atom stereocenters. The van der Waals surface area contributed by atoms with Crippen LogP contribution in [0.5, 0.6) is 0 Å². The number of nitrogens with one attached hydrogen (secondary N) is 1. The first-order valence-electron chi connectivity index (χ1n) is 4.85. The number of anilines is 3. The van der Waals surface area contributed by atoms with Crippen molar-refractivity contribution in [1.82, 2.24) is 14.3 Å². The second kappa shape index (κ2) is 5.15. The largest absolute Gasteiger partial charge is 0.383 e. The molecule has 17 heavy (non-hydrogen) atoms. The van der Waals surface area contributed by atoms with Crippen LogP contribution in [0.15, 0.2) is 6.07 Å². The standard InChI is InChI=1S/C8H16N6O2S/c1-14(2)17(15,16)4-3-11-7-5-6(9)12-8(10)13-7/h5H,3-4H2,1-2H3,(H5,9,10,11,12,13). The van der Waals surface area contributed by atoms with Crippen molar-refractivity contribution in [3.05, 3.63) is 6.07 Å². The van der Waals surface area contributed by atoms with Crippen molar-refractivity contribution >= 4 is 27.6 Å². The molecule has 1 aromatic heterocycles. The molecule has 1 heterocycles. The molecule has 0 aliphatic heterocycles. The highest BCUT2D eigenvalue weighted by molar-refractivity contribution is 7.89. The van der Waals surface area contributed by atoms with Crippen molar-refractivity contribution in [2.24, 2.45) is 0 Å². The van der Waals surface area contributed by atoms with Gasteiger partial charge in [0, 0.05) is 26.7 Å². The fraction of sp³-hybridized carbons (Fsp3) is 0.500. The monoisotopic (exact) mass is 260 g/mol. The normalized spacial score (nSPS) is 11.7. The van der Waals surface area contributed by atoms with Gasteiger partial charge in [0.1, 0.15) is 11.6 Å². The van der Waals surface area contributed by atoms with Crippen molar-refractivity contribution in [2.45, 2.75) is 0 Å². The number of aromatic nitrogens is 2. The van der Waals surface area contributed by atoms with E-state index in [1.807, 2.05) is 0 Å². The van der Waals surface area contributed by atoms with Crippen LogP contribution < -0.4 is 16.8 Å². The molecule has 5 N–H and O–H groups in total. The molecule has 0 atom stereocenters. The van der Waals surface area contributed by atoms with E-state index in [2.05, 4.69) is 15.3 Å². The first-order valence-corrected chi connectivity index (χ1v) is 6.46. The summed E-state index contributed by atoms with van der Waals surface area (Å²) in [5.41, 5.74) is 10.9. The average molecular weight is 260 g/mol. The zero-order valence-corrected chi connectivity index (χ0v) is 10.5. The van der Waals surface area contributed by atoms with Gasteiger partial charge in [-0.2, -0.15) is 9.97 Å². The molecule has 0 saturated carbocycles. The van der Waals surface area contributed by atoms with E-state index in [0.717, 1.165) is 4.31 Å². The van der Waals surface area contributed by atoms with Gasteiger partial charge in [-0.1, -0.05) is 0 Å². The van der Waals surface area contributed by atoms with Crippen LogP contribution in [0.2, 0.25) is 0 Å². The van der Waals surface area contributed by atoms with Gasteiger partial charge in [0.15, 0.2) is 0 Å². The van der Waals surface area contributed by atoms with Crippen molar-refractivity contribution in [2.75, 3.05) is 43.2 Å². The maximum Gasteiger partial charge on any atom is 0.223 e. The minimum absolute atomic E-state index is 0.0379. The lowest BCUT2D eigenvalue weighted by molar-refractivity contribution is 0.521. The average Bonchev–Trinajstić information content (AvgIpc) is 2.15. The van der Waals surface area contributed by atoms with E-state index in [-0.39, 0.29) is 24.1 Å². The van der Waals surface area contributed by atoms with Gasteiger partial charge in [0.2, 0.25) is 16.0 Å². The predicted octanol–water partition coefficient (Wildman–Crippen LogP) is -1.06. The molecular weight excluding hydrogens is 244 g/mol. The highest BCUT2D eigenvalue weighted by atomic mass is 32.2. The first-order chi connectivity index (χ1) is 7.81. The Kier molecular flexibility index (Phi) is 4.07. The second-order valence-corrected chi connectivity index (χ2v) is 5.86. The number of nitrogen functional groups attached to an aromatic ring is 2. The van der Waals surface area contributed by atoms with Crippen LogP contribution in [0.3, 0.4) is 0 Å². The molecule has 0 aliphatic rings. The van der Waals surface area contributed by atoms with E-state index < -0.39 is 10.0 Å². The van der Waals surface area contributed by atoms with Crippen LogP contribution in [-0.2, 0) is 10.0 Å². The van der Waals surface area contributed by atoms with Crippen molar-refractivity contribution in [3.63, 3.8) is 0 Å². The number of nitrogens with zero attached hydrogens (tertiary/aromatic N) is 3. The van der Waals surface area contributed by atoms with E-state index in [4.69, 9.17) is 11.5 Å². The molecule has 9 heteroatoms. The molecule has 0 aromatic carbocycles. The van der Waals surface area contributed by atoms with Crippen molar-refractivity contribution in [1.29, 1.82) is 0 Å². The third-order valence-electron chi connectivity index (χ3n) is 1.99. The Bertz CT molecular complexity index is 467. The van der Waals surface area contributed by atoms with Gasteiger partial charge in [0.05, 0.1) is 5.75 Å². The molecule has 1 aromatic rings. The zero-order valence-electron chi connectivity index (χ0n) is 9.71. The fourth-order valence-corrected chi connectivity index (χ4v) is 1.79. The maximum absolute atomic E-state index is 11.5. The summed E-state index contributed by atoms with van der Waals surface area (Å²) in [5.74, 6) is 0.645. The number of rotatable bonds is 5. The third-order valence-corrected chi connectivity index (χ3v) is 3.82. The van der Waals surface area contributed by atoms with Gasteiger partial charge in [0.25, 0.3) is 0 Å². The summed E-state index contributed by atoms with van der Waals surface area (Å²) in [6.07, 6.45) is 0. The smallest absolute Gasteiger partial charge is 0.223 e. The Labute approximate surface area is 100 Å². The Morgan fingerprint density at radius 1 is 1.35 bits per heavy atom. The molecule has 0 radical (unpaired) electrons. The van der Waals surface area contributed by atoms with E-state index in [0.29, 0.717) is 5.82 Å². The van der Waals surface area contributed by atoms with Crippen LogP contribution >= 0.6 is 0 Å². The number of sulfonamides is 1. The van der Waals surface area contributed by atoms with Crippen molar-refractivity contribution in [3.8, 4) is 0 Å². The van der Waals surface area contributed by atoms with E-state index >= 15 is 0 Å². The van der Waals surface area contributed by atoms with Gasteiger partial charge in [-0.05, 0) is 0 Å². The van der Waals surface area contributed by atoms with E-state index in [1.54, 1.807) is 0 Å². The lowest BCUT2D eigenvalue weighted by atomic mass is 10.5. The summed E-state index contributed by atoms with van der Waals surface area (Å²) in [5, 5.41) is 2.82. The molecule has 1 rings (SSSR count). The Balaban J connectivity index is 2.57. The van der Waals surface area contributed by atoms with Gasteiger partial charge < -0.3 is 16.8 Å². The minimum Gasteiger partial charge on any atom is -0.383 e. The Morgan fingerprint density at radius 3 is 2.53 bits per heavy atom. The second-order valence-electron chi connectivity index (χ2n) is 3.56. The van der Waals surface area contributed by atoms with E-state index in [1.165, 1.54) is 20.2 Å². The molecule has 0 spiro atoms. The predicted molar refractivity (Wildman–Crippen MR) is 66.8 cm³/mol. The lowest BCUT2D eigenvalue weighted by Crippen LogP contribution is -2.28. The Morgan fingerprint density at radius 2 is 2.00 bits per heavy atom.